The van der Waals surface area contributed by atoms with Crippen LogP contribution in [0, 0.1) is 39.9 Å². The SMILES string of the molecule is C=CCCCC1CCC2C1(C)CCC1C3(C)CCC4(CC4)CC3CCC21S. The van der Waals surface area contributed by atoms with Gasteiger partial charge in [0.1, 0.15) is 0 Å². The van der Waals surface area contributed by atoms with Crippen LogP contribution in [0.3, 0.4) is 0 Å². The monoisotopic (exact) mass is 386 g/mol. The lowest BCUT2D eigenvalue weighted by Crippen LogP contribution is -2.61. The third-order valence-electron chi connectivity index (χ3n) is 11.1. The van der Waals surface area contributed by atoms with Crippen molar-refractivity contribution in [3.8, 4) is 0 Å². The van der Waals surface area contributed by atoms with Gasteiger partial charge in [-0.2, -0.15) is 12.6 Å². The fourth-order valence-corrected chi connectivity index (χ4v) is 10.2. The van der Waals surface area contributed by atoms with E-state index in [9.17, 15) is 0 Å². The maximum Gasteiger partial charge on any atom is 0.0197 e. The first kappa shape index (κ1) is 19.1. The Hall–Kier alpha value is 0.0900. The summed E-state index contributed by atoms with van der Waals surface area (Å²) < 4.78 is 0.333. The largest absolute Gasteiger partial charge is 0.172 e. The Labute approximate surface area is 173 Å². The summed E-state index contributed by atoms with van der Waals surface area (Å²) in [6, 6.07) is 0. The van der Waals surface area contributed by atoms with Gasteiger partial charge in [-0.05, 0) is 130 Å². The van der Waals surface area contributed by atoms with Crippen molar-refractivity contribution >= 4 is 12.6 Å². The van der Waals surface area contributed by atoms with Crippen molar-refractivity contribution in [3.05, 3.63) is 12.7 Å². The molecule has 27 heavy (non-hydrogen) atoms. The third kappa shape index (κ3) is 2.69. The Morgan fingerprint density at radius 1 is 0.889 bits per heavy atom. The first-order valence-corrected chi connectivity index (χ1v) is 12.6. The van der Waals surface area contributed by atoms with Gasteiger partial charge in [-0.1, -0.05) is 19.9 Å². The Morgan fingerprint density at radius 3 is 2.37 bits per heavy atom. The fraction of sp³-hybridized carbons (Fsp3) is 0.923. The highest BCUT2D eigenvalue weighted by Crippen LogP contribution is 2.74. The molecule has 0 aromatic heterocycles. The van der Waals surface area contributed by atoms with Crippen LogP contribution in [-0.4, -0.2) is 4.75 Å². The van der Waals surface area contributed by atoms with Gasteiger partial charge < -0.3 is 0 Å². The molecule has 0 aliphatic heterocycles. The van der Waals surface area contributed by atoms with Crippen LogP contribution >= 0.6 is 12.6 Å². The first-order chi connectivity index (χ1) is 12.9. The van der Waals surface area contributed by atoms with E-state index in [4.69, 9.17) is 12.6 Å². The van der Waals surface area contributed by atoms with E-state index < -0.39 is 0 Å². The molecule has 5 aliphatic rings. The standard InChI is InChI=1S/C26H42S/c1-4-5-6-7-19-8-9-21-23(19,2)12-11-22-24(3)14-15-25(16-17-25)18-20(24)10-13-26(21,22)27/h4,19-22,27H,1,5-18H2,2-3H3. The van der Waals surface area contributed by atoms with Gasteiger partial charge in [0.2, 0.25) is 0 Å². The lowest BCUT2D eigenvalue weighted by molar-refractivity contribution is -0.104. The van der Waals surface area contributed by atoms with Crippen molar-refractivity contribution in [3.63, 3.8) is 0 Å². The minimum Gasteiger partial charge on any atom is -0.172 e. The summed E-state index contributed by atoms with van der Waals surface area (Å²) in [7, 11) is 0. The van der Waals surface area contributed by atoms with Crippen LogP contribution in [0.25, 0.3) is 0 Å². The lowest BCUT2D eigenvalue weighted by Gasteiger charge is -2.65. The van der Waals surface area contributed by atoms with E-state index in [0.29, 0.717) is 15.6 Å². The Balaban J connectivity index is 1.38. The highest BCUT2D eigenvalue weighted by atomic mass is 32.1. The van der Waals surface area contributed by atoms with Gasteiger partial charge in [-0.25, -0.2) is 0 Å². The van der Waals surface area contributed by atoms with Gasteiger partial charge in [0.25, 0.3) is 0 Å². The van der Waals surface area contributed by atoms with Gasteiger partial charge in [-0.3, -0.25) is 0 Å². The summed E-state index contributed by atoms with van der Waals surface area (Å²) in [6.45, 7) is 9.32. The first-order valence-electron chi connectivity index (χ1n) is 12.2. The molecule has 5 saturated carbocycles. The maximum absolute atomic E-state index is 5.67. The number of unbranched alkanes of at least 4 members (excludes halogenated alkanes) is 1. The maximum atomic E-state index is 5.67. The lowest BCUT2D eigenvalue weighted by atomic mass is 9.43. The minimum atomic E-state index is 0.333. The molecule has 1 heteroatoms. The van der Waals surface area contributed by atoms with Crippen molar-refractivity contribution in [1.82, 2.24) is 0 Å². The molecule has 0 saturated heterocycles. The number of hydrogen-bond donors (Lipinski definition) is 1. The van der Waals surface area contributed by atoms with Crippen LogP contribution in [0.15, 0.2) is 12.7 Å². The van der Waals surface area contributed by atoms with Gasteiger partial charge in [-0.15, -0.1) is 6.58 Å². The van der Waals surface area contributed by atoms with Crippen molar-refractivity contribution in [2.45, 2.75) is 108 Å². The molecule has 0 nitrogen and oxygen atoms in total. The Kier molecular flexibility index (Phi) is 4.45. The molecule has 5 rings (SSSR count). The molecule has 1 spiro atoms. The van der Waals surface area contributed by atoms with Crippen LogP contribution in [-0.2, 0) is 0 Å². The predicted molar refractivity (Wildman–Crippen MR) is 119 cm³/mol. The summed E-state index contributed by atoms with van der Waals surface area (Å²) in [5, 5.41) is 0. The third-order valence-corrected chi connectivity index (χ3v) is 12.0. The topological polar surface area (TPSA) is 0 Å². The average molecular weight is 387 g/mol. The predicted octanol–water partition coefficient (Wildman–Crippen LogP) is 7.83. The average Bonchev–Trinajstić information content (AvgIpc) is 3.31. The molecule has 0 amide bonds. The van der Waals surface area contributed by atoms with Gasteiger partial charge in [0, 0.05) is 4.75 Å². The second-order valence-corrected chi connectivity index (χ2v) is 12.9. The van der Waals surface area contributed by atoms with Crippen LogP contribution in [0.5, 0.6) is 0 Å². The van der Waals surface area contributed by atoms with Crippen LogP contribution in [0.4, 0.5) is 0 Å². The number of rotatable bonds is 4. The second-order valence-electron chi connectivity index (χ2n) is 12.1. The van der Waals surface area contributed by atoms with Crippen LogP contribution in [0.2, 0.25) is 0 Å². The van der Waals surface area contributed by atoms with Crippen molar-refractivity contribution in [2.24, 2.45) is 39.9 Å². The zero-order chi connectivity index (χ0) is 18.9. The highest BCUT2D eigenvalue weighted by molar-refractivity contribution is 7.81. The molecule has 7 unspecified atom stereocenters. The van der Waals surface area contributed by atoms with Gasteiger partial charge in [0.05, 0.1) is 0 Å². The zero-order valence-corrected chi connectivity index (χ0v) is 18.8. The number of allylic oxidation sites excluding steroid dienone is 1. The molecule has 0 bridgehead atoms. The zero-order valence-electron chi connectivity index (χ0n) is 17.9. The summed E-state index contributed by atoms with van der Waals surface area (Å²) in [6.07, 6.45) is 22.6. The van der Waals surface area contributed by atoms with Crippen molar-refractivity contribution < 1.29 is 0 Å². The summed E-state index contributed by atoms with van der Waals surface area (Å²) >= 11 is 5.67. The van der Waals surface area contributed by atoms with E-state index in [1.165, 1.54) is 70.6 Å². The molecule has 0 radical (unpaired) electrons. The number of fused-ring (bicyclic) bond motifs is 5. The summed E-state index contributed by atoms with van der Waals surface area (Å²) in [4.78, 5) is 0. The Bertz CT molecular complexity index is 605. The molecular weight excluding hydrogens is 344 g/mol. The second kappa shape index (κ2) is 6.29. The van der Waals surface area contributed by atoms with E-state index in [0.717, 1.165) is 29.1 Å². The quantitative estimate of drug-likeness (QED) is 0.284. The fourth-order valence-electron chi connectivity index (χ4n) is 9.21. The molecular formula is C26H42S. The molecule has 5 fully saturated rings. The molecule has 0 heterocycles. The van der Waals surface area contributed by atoms with E-state index in [-0.39, 0.29) is 0 Å². The Morgan fingerprint density at radius 2 is 1.63 bits per heavy atom. The molecule has 5 aliphatic carbocycles. The van der Waals surface area contributed by atoms with Crippen molar-refractivity contribution in [2.75, 3.05) is 0 Å². The van der Waals surface area contributed by atoms with Crippen LogP contribution < -0.4 is 0 Å². The molecule has 7 atom stereocenters. The van der Waals surface area contributed by atoms with Gasteiger partial charge >= 0.3 is 0 Å². The summed E-state index contributed by atoms with van der Waals surface area (Å²) in [5.41, 5.74) is 1.97. The minimum absolute atomic E-state index is 0.333. The smallest absolute Gasteiger partial charge is 0.0197 e. The molecule has 0 aromatic rings. The molecule has 0 aromatic carbocycles. The normalized spacial score (nSPS) is 52.7. The highest BCUT2D eigenvalue weighted by Gasteiger charge is 2.66. The van der Waals surface area contributed by atoms with E-state index in [1.54, 1.807) is 19.3 Å². The molecule has 0 N–H and O–H groups in total. The van der Waals surface area contributed by atoms with Crippen LogP contribution in [0.1, 0.15) is 104 Å². The van der Waals surface area contributed by atoms with E-state index in [1.807, 2.05) is 0 Å². The van der Waals surface area contributed by atoms with E-state index >= 15 is 0 Å². The van der Waals surface area contributed by atoms with Gasteiger partial charge in [0.15, 0.2) is 0 Å². The van der Waals surface area contributed by atoms with Crippen molar-refractivity contribution in [1.29, 1.82) is 0 Å². The number of hydrogen-bond acceptors (Lipinski definition) is 1. The summed E-state index contributed by atoms with van der Waals surface area (Å²) in [5.74, 6) is 3.70. The molecule has 152 valence electrons. The number of thiol groups is 1. The van der Waals surface area contributed by atoms with E-state index in [2.05, 4.69) is 26.5 Å².